The maximum atomic E-state index is 5.62. The van der Waals surface area contributed by atoms with Gasteiger partial charge in [0.25, 0.3) is 0 Å². The third kappa shape index (κ3) is 5.36. The first kappa shape index (κ1) is 18.5. The second-order valence-electron chi connectivity index (χ2n) is 6.41. The first-order chi connectivity index (χ1) is 12.7. The molecular weight excluding hydrogens is 344 g/mol. The number of unbranched alkanes of at least 4 members (excludes halogenated alkanes) is 1. The van der Waals surface area contributed by atoms with Gasteiger partial charge in [-0.25, -0.2) is 0 Å². The zero-order valence-corrected chi connectivity index (χ0v) is 16.0. The van der Waals surface area contributed by atoms with Crippen molar-refractivity contribution in [3.8, 4) is 11.5 Å². The first-order valence-electron chi connectivity index (χ1n) is 9.27. The molecule has 3 rings (SSSR count). The fourth-order valence-corrected chi connectivity index (χ4v) is 3.09. The van der Waals surface area contributed by atoms with Gasteiger partial charge in [-0.15, -0.1) is 0 Å². The summed E-state index contributed by atoms with van der Waals surface area (Å²) >= 11 is 5.38. The Bertz CT molecular complexity index is 731. The van der Waals surface area contributed by atoms with Crippen molar-refractivity contribution < 1.29 is 9.47 Å². The van der Waals surface area contributed by atoms with Crippen LogP contribution < -0.4 is 20.1 Å². The predicted molar refractivity (Wildman–Crippen MR) is 110 cm³/mol. The highest BCUT2D eigenvalue weighted by atomic mass is 32.1. The molecule has 2 aromatic rings. The van der Waals surface area contributed by atoms with Crippen LogP contribution in [0.25, 0.3) is 0 Å². The maximum Gasteiger partial charge on any atom is 0.170 e. The van der Waals surface area contributed by atoms with Gasteiger partial charge in [-0.3, -0.25) is 0 Å². The largest absolute Gasteiger partial charge is 0.486 e. The fraction of sp³-hybridized carbons (Fsp3) is 0.381. The SMILES string of the molecule is CCCCc1ccc(NC(=S)NCCc2ccc3c(c2)OCCO3)cc1. The Morgan fingerprint density at radius 2 is 1.69 bits per heavy atom. The van der Waals surface area contributed by atoms with Gasteiger partial charge in [-0.05, 0) is 66.9 Å². The van der Waals surface area contributed by atoms with Crippen molar-refractivity contribution in [3.63, 3.8) is 0 Å². The van der Waals surface area contributed by atoms with Gasteiger partial charge < -0.3 is 20.1 Å². The van der Waals surface area contributed by atoms with Crippen LogP contribution in [0.2, 0.25) is 0 Å². The average molecular weight is 371 g/mol. The number of ether oxygens (including phenoxy) is 2. The van der Waals surface area contributed by atoms with Gasteiger partial charge in [0.2, 0.25) is 0 Å². The van der Waals surface area contributed by atoms with E-state index in [1.807, 2.05) is 12.1 Å². The highest BCUT2D eigenvalue weighted by molar-refractivity contribution is 7.80. The molecule has 0 radical (unpaired) electrons. The normalized spacial score (nSPS) is 12.5. The van der Waals surface area contributed by atoms with Gasteiger partial charge in [-0.2, -0.15) is 0 Å². The Morgan fingerprint density at radius 3 is 2.46 bits per heavy atom. The molecule has 0 unspecified atom stereocenters. The minimum absolute atomic E-state index is 0.611. The minimum Gasteiger partial charge on any atom is -0.486 e. The number of hydrogen-bond donors (Lipinski definition) is 2. The summed E-state index contributed by atoms with van der Waals surface area (Å²) in [4.78, 5) is 0. The molecule has 0 saturated carbocycles. The topological polar surface area (TPSA) is 42.5 Å². The maximum absolute atomic E-state index is 5.62. The fourth-order valence-electron chi connectivity index (χ4n) is 2.87. The molecule has 138 valence electrons. The number of benzene rings is 2. The van der Waals surface area contributed by atoms with Crippen molar-refractivity contribution in [2.24, 2.45) is 0 Å². The zero-order chi connectivity index (χ0) is 18.2. The third-order valence-electron chi connectivity index (χ3n) is 4.34. The van der Waals surface area contributed by atoms with E-state index in [1.54, 1.807) is 0 Å². The van der Waals surface area contributed by atoms with Crippen molar-refractivity contribution in [2.75, 3.05) is 25.1 Å². The van der Waals surface area contributed by atoms with E-state index in [4.69, 9.17) is 21.7 Å². The second kappa shape index (κ2) is 9.43. The molecule has 0 saturated heterocycles. The van der Waals surface area contributed by atoms with Crippen LogP contribution in [0.1, 0.15) is 30.9 Å². The molecule has 0 atom stereocenters. The molecule has 4 nitrogen and oxygen atoms in total. The lowest BCUT2D eigenvalue weighted by molar-refractivity contribution is 0.171. The summed E-state index contributed by atoms with van der Waals surface area (Å²) in [6.45, 7) is 4.21. The third-order valence-corrected chi connectivity index (χ3v) is 4.58. The summed E-state index contributed by atoms with van der Waals surface area (Å²) in [5.41, 5.74) is 3.58. The number of fused-ring (bicyclic) bond motifs is 1. The summed E-state index contributed by atoms with van der Waals surface area (Å²) < 4.78 is 11.2. The molecule has 0 amide bonds. The van der Waals surface area contributed by atoms with Gasteiger partial charge in [0.1, 0.15) is 13.2 Å². The highest BCUT2D eigenvalue weighted by Crippen LogP contribution is 2.30. The predicted octanol–water partition coefficient (Wildman–Crippen LogP) is 4.33. The van der Waals surface area contributed by atoms with Crippen LogP contribution in [-0.4, -0.2) is 24.9 Å². The molecule has 1 aliphatic heterocycles. The lowest BCUT2D eigenvalue weighted by Crippen LogP contribution is -2.30. The molecule has 5 heteroatoms. The van der Waals surface area contributed by atoms with E-state index >= 15 is 0 Å². The van der Waals surface area contributed by atoms with E-state index < -0.39 is 0 Å². The second-order valence-corrected chi connectivity index (χ2v) is 6.82. The highest BCUT2D eigenvalue weighted by Gasteiger charge is 2.11. The van der Waals surface area contributed by atoms with Gasteiger partial charge >= 0.3 is 0 Å². The van der Waals surface area contributed by atoms with Crippen LogP contribution in [0.15, 0.2) is 42.5 Å². The Hall–Kier alpha value is -2.27. The van der Waals surface area contributed by atoms with Crippen molar-refractivity contribution in [1.82, 2.24) is 5.32 Å². The molecule has 1 heterocycles. The molecule has 0 bridgehead atoms. The Labute approximate surface area is 160 Å². The minimum atomic E-state index is 0.611. The molecule has 2 aromatic carbocycles. The summed E-state index contributed by atoms with van der Waals surface area (Å²) in [6.07, 6.45) is 4.45. The lowest BCUT2D eigenvalue weighted by atomic mass is 10.1. The summed E-state index contributed by atoms with van der Waals surface area (Å²) in [5, 5.41) is 7.14. The van der Waals surface area contributed by atoms with Gasteiger partial charge in [0.05, 0.1) is 0 Å². The molecule has 0 fully saturated rings. The number of nitrogens with one attached hydrogen (secondary N) is 2. The first-order valence-corrected chi connectivity index (χ1v) is 9.68. The van der Waals surface area contributed by atoms with Crippen molar-refractivity contribution in [3.05, 3.63) is 53.6 Å². The molecule has 0 spiro atoms. The summed E-state index contributed by atoms with van der Waals surface area (Å²) in [7, 11) is 0. The van der Waals surface area contributed by atoms with Crippen LogP contribution in [0.4, 0.5) is 5.69 Å². The molecule has 0 aromatic heterocycles. The molecule has 1 aliphatic rings. The summed E-state index contributed by atoms with van der Waals surface area (Å²) in [5.74, 6) is 1.66. The van der Waals surface area contributed by atoms with E-state index in [0.717, 1.165) is 36.6 Å². The number of anilines is 1. The number of hydrogen-bond acceptors (Lipinski definition) is 3. The lowest BCUT2D eigenvalue weighted by Gasteiger charge is -2.19. The van der Waals surface area contributed by atoms with E-state index in [2.05, 4.69) is 47.9 Å². The summed E-state index contributed by atoms with van der Waals surface area (Å²) in [6, 6.07) is 14.6. The van der Waals surface area contributed by atoms with Gasteiger partial charge in [-0.1, -0.05) is 31.5 Å². The number of thiocarbonyl (C=S) groups is 1. The van der Waals surface area contributed by atoms with Crippen LogP contribution >= 0.6 is 12.2 Å². The molecular formula is C21H26N2O2S. The number of rotatable bonds is 7. The van der Waals surface area contributed by atoms with Gasteiger partial charge in [0.15, 0.2) is 16.6 Å². The van der Waals surface area contributed by atoms with E-state index in [-0.39, 0.29) is 0 Å². The molecule has 0 aliphatic carbocycles. The monoisotopic (exact) mass is 370 g/mol. The van der Waals surface area contributed by atoms with Crippen molar-refractivity contribution in [1.29, 1.82) is 0 Å². The molecule has 26 heavy (non-hydrogen) atoms. The standard InChI is InChI=1S/C21H26N2O2S/c1-2-3-4-16-5-8-18(9-6-16)23-21(26)22-12-11-17-7-10-19-20(15-17)25-14-13-24-19/h5-10,15H,2-4,11-14H2,1H3,(H2,22,23,26). The van der Waals surface area contributed by atoms with Crippen molar-refractivity contribution >= 4 is 23.0 Å². The van der Waals surface area contributed by atoms with Crippen LogP contribution in [0.5, 0.6) is 11.5 Å². The van der Waals surface area contributed by atoms with E-state index in [0.29, 0.717) is 18.3 Å². The number of aryl methyl sites for hydroxylation is 1. The average Bonchev–Trinajstić information content (AvgIpc) is 2.67. The Kier molecular flexibility index (Phi) is 6.72. The smallest absolute Gasteiger partial charge is 0.170 e. The van der Waals surface area contributed by atoms with E-state index in [1.165, 1.54) is 24.0 Å². The van der Waals surface area contributed by atoms with Gasteiger partial charge in [0, 0.05) is 12.2 Å². The zero-order valence-electron chi connectivity index (χ0n) is 15.2. The van der Waals surface area contributed by atoms with Crippen LogP contribution in [0, 0.1) is 0 Å². The Morgan fingerprint density at radius 1 is 0.962 bits per heavy atom. The van der Waals surface area contributed by atoms with Crippen LogP contribution in [-0.2, 0) is 12.8 Å². The van der Waals surface area contributed by atoms with Crippen molar-refractivity contribution in [2.45, 2.75) is 32.6 Å². The molecule has 2 N–H and O–H groups in total. The quantitative estimate of drug-likeness (QED) is 0.710. The Balaban J connectivity index is 1.42. The van der Waals surface area contributed by atoms with E-state index in [9.17, 15) is 0 Å². The van der Waals surface area contributed by atoms with Crippen LogP contribution in [0.3, 0.4) is 0 Å².